The van der Waals surface area contributed by atoms with Crippen molar-refractivity contribution in [1.82, 2.24) is 0 Å². The normalized spacial score (nSPS) is 20.1. The number of halogens is 1. The predicted octanol–water partition coefficient (Wildman–Crippen LogP) is 5.32. The first-order valence-corrected chi connectivity index (χ1v) is 9.37. The predicted molar refractivity (Wildman–Crippen MR) is 76.4 cm³/mol. The molecule has 0 saturated heterocycles. The Morgan fingerprint density at radius 2 is 1.44 bits per heavy atom. The molecule has 0 fully saturated rings. The van der Waals surface area contributed by atoms with Gasteiger partial charge < -0.3 is 0 Å². The van der Waals surface area contributed by atoms with Crippen molar-refractivity contribution in [3.8, 4) is 0 Å². The Bertz CT molecular complexity index is 326. The van der Waals surface area contributed by atoms with Crippen LogP contribution in [0.5, 0.6) is 0 Å². The summed E-state index contributed by atoms with van der Waals surface area (Å²) in [4.78, 5) is 0. The lowest BCUT2D eigenvalue weighted by Crippen LogP contribution is -2.27. The maximum Gasteiger partial charge on any atom is 0.414 e. The van der Waals surface area contributed by atoms with Gasteiger partial charge in [-0.25, -0.2) is 0 Å². The Balaban J connectivity index is 3.11. The molecule has 0 aromatic heterocycles. The highest BCUT2D eigenvalue weighted by Crippen LogP contribution is 2.56. The third-order valence-corrected chi connectivity index (χ3v) is 9.87. The molecule has 1 aliphatic rings. The van der Waals surface area contributed by atoms with Gasteiger partial charge in [0.15, 0.2) is 0 Å². The van der Waals surface area contributed by atoms with E-state index in [9.17, 15) is 0 Å². The van der Waals surface area contributed by atoms with Crippen molar-refractivity contribution in [3.63, 3.8) is 0 Å². The van der Waals surface area contributed by atoms with Gasteiger partial charge in [0.05, 0.1) is 0 Å². The highest BCUT2D eigenvalue weighted by molar-refractivity contribution is 7.09. The molecular formula is C14H24AlCl. The topological polar surface area (TPSA) is 0 Å². The Hall–Kier alpha value is 0.302. The molecule has 0 saturated carbocycles. The number of allylic oxidation sites excluding steroid dienone is 4. The fourth-order valence-electron chi connectivity index (χ4n) is 2.74. The molecule has 1 rings (SSSR count). The summed E-state index contributed by atoms with van der Waals surface area (Å²) >= 11 is -1.26. The molecule has 0 spiro atoms. The van der Waals surface area contributed by atoms with Crippen molar-refractivity contribution in [3.05, 3.63) is 22.3 Å². The average Bonchev–Trinajstić information content (AvgIpc) is 2.34. The summed E-state index contributed by atoms with van der Waals surface area (Å²) in [7, 11) is 6.81. The monoisotopic (exact) mass is 254 g/mol. The van der Waals surface area contributed by atoms with Crippen LogP contribution in [0.3, 0.4) is 0 Å². The van der Waals surface area contributed by atoms with Crippen molar-refractivity contribution >= 4 is 23.3 Å². The molecule has 0 nitrogen and oxygen atoms in total. The lowest BCUT2D eigenvalue weighted by molar-refractivity contribution is 0.706. The van der Waals surface area contributed by atoms with Crippen LogP contribution in [0.1, 0.15) is 48.5 Å². The number of hydrogen-bond donors (Lipinski definition) is 0. The quantitative estimate of drug-likeness (QED) is 0.598. The van der Waals surface area contributed by atoms with Crippen molar-refractivity contribution < 1.29 is 0 Å². The van der Waals surface area contributed by atoms with E-state index in [0.29, 0.717) is 5.92 Å². The van der Waals surface area contributed by atoms with Crippen LogP contribution >= 0.6 is 10.0 Å². The van der Waals surface area contributed by atoms with Gasteiger partial charge >= 0.3 is 13.2 Å². The second kappa shape index (κ2) is 4.89. The lowest BCUT2D eigenvalue weighted by Gasteiger charge is -2.32. The van der Waals surface area contributed by atoms with Gasteiger partial charge in [-0.05, 0) is 43.1 Å². The fraction of sp³-hybridized carbons (Fsp3) is 0.714. The van der Waals surface area contributed by atoms with E-state index in [-0.39, 0.29) is 4.28 Å². The van der Waals surface area contributed by atoms with Crippen molar-refractivity contribution in [2.45, 2.75) is 58.0 Å². The maximum absolute atomic E-state index is 6.81. The third-order valence-electron chi connectivity index (χ3n) is 4.55. The van der Waals surface area contributed by atoms with Gasteiger partial charge in [-0.1, -0.05) is 43.1 Å². The summed E-state index contributed by atoms with van der Waals surface area (Å²) in [5.41, 5.74) is 5.99. The zero-order chi connectivity index (χ0) is 12.7. The molecule has 0 radical (unpaired) electrons. The molecule has 0 atom stereocenters. The minimum Gasteiger partial charge on any atom is -0.260 e. The van der Waals surface area contributed by atoms with Crippen molar-refractivity contribution in [1.29, 1.82) is 0 Å². The summed E-state index contributed by atoms with van der Waals surface area (Å²) in [5, 5.41) is 1.22. The molecule has 0 amide bonds. The zero-order valence-electron chi connectivity index (χ0n) is 11.7. The first-order valence-electron chi connectivity index (χ1n) is 6.23. The van der Waals surface area contributed by atoms with E-state index in [1.165, 1.54) is 27.6 Å². The third kappa shape index (κ3) is 2.15. The Labute approximate surface area is 109 Å². The summed E-state index contributed by atoms with van der Waals surface area (Å²) in [6.07, 6.45) is 0. The van der Waals surface area contributed by atoms with Crippen LogP contribution in [0.4, 0.5) is 0 Å². The molecule has 0 aromatic carbocycles. The van der Waals surface area contributed by atoms with E-state index in [4.69, 9.17) is 10.0 Å². The summed E-state index contributed by atoms with van der Waals surface area (Å²) in [6.45, 7) is 16.0. The highest BCUT2D eigenvalue weighted by Gasteiger charge is 2.46. The second-order valence-corrected chi connectivity index (χ2v) is 9.94. The van der Waals surface area contributed by atoms with Crippen LogP contribution in [-0.2, 0) is 0 Å². The van der Waals surface area contributed by atoms with E-state index >= 15 is 0 Å². The molecular weight excluding hydrogens is 231 g/mol. The van der Waals surface area contributed by atoms with Crippen LogP contribution < -0.4 is 0 Å². The summed E-state index contributed by atoms with van der Waals surface area (Å²) in [5.74, 6) is 0.716. The van der Waals surface area contributed by atoms with Gasteiger partial charge in [-0.2, -0.15) is 0 Å². The first kappa shape index (κ1) is 14.4. The number of hydrogen-bond acceptors (Lipinski definition) is 0. The minimum atomic E-state index is -1.26. The van der Waals surface area contributed by atoms with Gasteiger partial charge in [0.1, 0.15) is 0 Å². The average molecular weight is 255 g/mol. The minimum absolute atomic E-state index is 0.208. The highest BCUT2D eigenvalue weighted by atomic mass is 35.6. The molecule has 0 unspecified atom stereocenters. The van der Waals surface area contributed by atoms with E-state index in [1.807, 2.05) is 0 Å². The lowest BCUT2D eigenvalue weighted by atomic mass is 9.98. The zero-order valence-corrected chi connectivity index (χ0v) is 13.7. The molecule has 0 aliphatic heterocycles. The molecule has 1 aliphatic carbocycles. The molecule has 90 valence electrons. The van der Waals surface area contributed by atoms with Crippen LogP contribution in [-0.4, -0.2) is 13.2 Å². The molecule has 16 heavy (non-hydrogen) atoms. The van der Waals surface area contributed by atoms with Crippen LogP contribution in [0.25, 0.3) is 0 Å². The van der Waals surface area contributed by atoms with Crippen LogP contribution in [0, 0.1) is 5.92 Å². The Kier molecular flexibility index (Phi) is 4.39. The van der Waals surface area contributed by atoms with Crippen LogP contribution in [0.15, 0.2) is 22.3 Å². The molecule has 0 bridgehead atoms. The fourth-order valence-corrected chi connectivity index (χ4v) is 7.47. The van der Waals surface area contributed by atoms with Gasteiger partial charge in [0.2, 0.25) is 0 Å². The smallest absolute Gasteiger partial charge is 0.260 e. The van der Waals surface area contributed by atoms with E-state index in [1.54, 1.807) is 0 Å². The van der Waals surface area contributed by atoms with Gasteiger partial charge in [0.25, 0.3) is 0 Å². The Morgan fingerprint density at radius 3 is 1.75 bits per heavy atom. The SMILES string of the molecule is CC1=C(C)[C](C)([Al]([Cl])[CH2]C(C)C)C(C)=C1C. The standard InChI is InChI=1S/C10H15.C4H9.Al.ClH/c1-6-7(2)9(4)10(5)8(6)3;1-4(2)3;;/h1-5H3;4H,1H2,2-3H3;;1H/q;;+1;/p-1. The number of rotatable bonds is 3. The summed E-state index contributed by atoms with van der Waals surface area (Å²) in [6, 6.07) is 0. The largest absolute Gasteiger partial charge is 0.414 e. The second-order valence-electron chi connectivity index (χ2n) is 5.80. The molecule has 0 aromatic rings. The van der Waals surface area contributed by atoms with Crippen LogP contribution in [0.2, 0.25) is 9.56 Å². The van der Waals surface area contributed by atoms with Crippen molar-refractivity contribution in [2.24, 2.45) is 5.92 Å². The molecule has 0 heterocycles. The Morgan fingerprint density at radius 1 is 1.06 bits per heavy atom. The van der Waals surface area contributed by atoms with E-state index < -0.39 is 13.2 Å². The van der Waals surface area contributed by atoms with Gasteiger partial charge in [-0.15, -0.1) is 0 Å². The first-order chi connectivity index (χ1) is 7.22. The van der Waals surface area contributed by atoms with E-state index in [0.717, 1.165) is 0 Å². The maximum atomic E-state index is 6.81. The van der Waals surface area contributed by atoms with E-state index in [2.05, 4.69) is 48.5 Å². The van der Waals surface area contributed by atoms with Crippen molar-refractivity contribution in [2.75, 3.05) is 0 Å². The molecule has 0 N–H and O–H groups in total. The van der Waals surface area contributed by atoms with Gasteiger partial charge in [-0.3, -0.25) is 10.0 Å². The summed E-state index contributed by atoms with van der Waals surface area (Å²) < 4.78 is 0.208. The van der Waals surface area contributed by atoms with Gasteiger partial charge in [0, 0.05) is 0 Å². The molecule has 2 heteroatoms.